The molecule has 0 bridgehead atoms. The summed E-state index contributed by atoms with van der Waals surface area (Å²) < 4.78 is 0. The van der Waals surface area contributed by atoms with E-state index in [1.54, 1.807) is 6.07 Å². The Morgan fingerprint density at radius 3 is 2.48 bits per heavy atom. The molecule has 0 aromatic heterocycles. The molecule has 3 nitrogen and oxygen atoms in total. The van der Waals surface area contributed by atoms with Gasteiger partial charge in [-0.05, 0) is 48.4 Å². The third-order valence-corrected chi connectivity index (χ3v) is 6.06. The zero-order valence-electron chi connectivity index (χ0n) is 15.9. The normalized spacial score (nSPS) is 20.8. The van der Waals surface area contributed by atoms with Crippen LogP contribution in [0.3, 0.4) is 0 Å². The van der Waals surface area contributed by atoms with Gasteiger partial charge in [-0.15, -0.1) is 0 Å². The highest BCUT2D eigenvalue weighted by atomic mass is 16.3. The first-order chi connectivity index (χ1) is 13.1. The van der Waals surface area contributed by atoms with Crippen molar-refractivity contribution in [3.8, 4) is 0 Å². The number of fused-ring (bicyclic) bond motifs is 1. The molecule has 4 rings (SSSR count). The van der Waals surface area contributed by atoms with Crippen molar-refractivity contribution in [3.63, 3.8) is 0 Å². The van der Waals surface area contributed by atoms with Crippen molar-refractivity contribution in [1.82, 2.24) is 4.90 Å². The average molecular weight is 361 g/mol. The number of aliphatic hydroxyl groups is 1. The van der Waals surface area contributed by atoms with E-state index in [9.17, 15) is 9.90 Å². The SMILES string of the molecule is C/C(=C\CN1C(=O)c2ccccc2[C@H]1O)c1ccc(C2CCCCC2)cc1. The highest BCUT2D eigenvalue weighted by Gasteiger charge is 2.34. The Labute approximate surface area is 161 Å². The number of aliphatic hydroxyl groups excluding tert-OH is 1. The lowest BCUT2D eigenvalue weighted by Gasteiger charge is -2.22. The third-order valence-electron chi connectivity index (χ3n) is 6.06. The summed E-state index contributed by atoms with van der Waals surface area (Å²) in [5.74, 6) is 0.614. The van der Waals surface area contributed by atoms with Crippen LogP contribution in [-0.2, 0) is 0 Å². The lowest BCUT2D eigenvalue weighted by atomic mass is 9.84. The fraction of sp³-hybridized carbons (Fsp3) is 0.375. The predicted molar refractivity (Wildman–Crippen MR) is 108 cm³/mol. The monoisotopic (exact) mass is 361 g/mol. The van der Waals surface area contributed by atoms with E-state index < -0.39 is 6.23 Å². The fourth-order valence-electron chi connectivity index (χ4n) is 4.34. The van der Waals surface area contributed by atoms with Crippen molar-refractivity contribution in [2.24, 2.45) is 0 Å². The van der Waals surface area contributed by atoms with Crippen LogP contribution in [0, 0.1) is 0 Å². The summed E-state index contributed by atoms with van der Waals surface area (Å²) in [6, 6.07) is 16.2. The minimum Gasteiger partial charge on any atom is -0.369 e. The standard InChI is InChI=1S/C24H27NO2/c1-17(18-11-13-20(14-12-18)19-7-3-2-4-8-19)15-16-25-23(26)21-9-5-6-10-22(21)24(25)27/h5-6,9-15,19,23,26H,2-4,7-8,16H2,1H3/b17-15+/t23-/m1/s1. The number of allylic oxidation sites excluding steroid dienone is 1. The molecule has 0 saturated heterocycles. The Morgan fingerprint density at radius 2 is 1.78 bits per heavy atom. The molecule has 0 spiro atoms. The molecule has 3 heteroatoms. The van der Waals surface area contributed by atoms with Crippen LogP contribution in [0.15, 0.2) is 54.6 Å². The van der Waals surface area contributed by atoms with Crippen molar-refractivity contribution in [3.05, 3.63) is 76.9 Å². The first kappa shape index (κ1) is 18.0. The minimum absolute atomic E-state index is 0.102. The van der Waals surface area contributed by atoms with Gasteiger partial charge in [0.2, 0.25) is 0 Å². The Hall–Kier alpha value is -2.39. The summed E-state index contributed by atoms with van der Waals surface area (Å²) in [6.07, 6.45) is 7.86. The summed E-state index contributed by atoms with van der Waals surface area (Å²) in [6.45, 7) is 2.47. The van der Waals surface area contributed by atoms with Gasteiger partial charge in [0.25, 0.3) is 5.91 Å². The molecule has 0 unspecified atom stereocenters. The van der Waals surface area contributed by atoms with Crippen LogP contribution in [-0.4, -0.2) is 22.5 Å². The zero-order chi connectivity index (χ0) is 18.8. The third kappa shape index (κ3) is 3.57. The van der Waals surface area contributed by atoms with Gasteiger partial charge in [-0.3, -0.25) is 4.79 Å². The molecule has 2 aromatic rings. The Balaban J connectivity index is 1.45. The second-order valence-corrected chi connectivity index (χ2v) is 7.76. The molecule has 2 aromatic carbocycles. The van der Waals surface area contributed by atoms with Gasteiger partial charge < -0.3 is 10.0 Å². The summed E-state index contributed by atoms with van der Waals surface area (Å²) in [5.41, 5.74) is 5.06. The number of hydrogen-bond donors (Lipinski definition) is 1. The van der Waals surface area contributed by atoms with E-state index in [1.165, 1.54) is 48.1 Å². The van der Waals surface area contributed by atoms with Crippen LogP contribution in [0.5, 0.6) is 0 Å². The highest BCUT2D eigenvalue weighted by molar-refractivity contribution is 5.99. The lowest BCUT2D eigenvalue weighted by Crippen LogP contribution is -2.28. The predicted octanol–water partition coefficient (Wildman–Crippen LogP) is 5.28. The maximum Gasteiger partial charge on any atom is 0.256 e. The maximum atomic E-state index is 12.5. The number of amides is 1. The molecule has 1 saturated carbocycles. The molecular weight excluding hydrogens is 334 g/mol. The van der Waals surface area contributed by atoms with Gasteiger partial charge in [0.05, 0.1) is 0 Å². The summed E-state index contributed by atoms with van der Waals surface area (Å²) in [4.78, 5) is 14.0. The van der Waals surface area contributed by atoms with Gasteiger partial charge in [0.1, 0.15) is 0 Å². The van der Waals surface area contributed by atoms with E-state index in [-0.39, 0.29) is 5.91 Å². The van der Waals surface area contributed by atoms with Crippen LogP contribution in [0.2, 0.25) is 0 Å². The molecule has 27 heavy (non-hydrogen) atoms. The molecule has 1 atom stereocenters. The molecule has 1 heterocycles. The van der Waals surface area contributed by atoms with Gasteiger partial charge in [-0.1, -0.05) is 67.8 Å². The molecule has 1 N–H and O–H groups in total. The van der Waals surface area contributed by atoms with Gasteiger partial charge >= 0.3 is 0 Å². The molecule has 1 aliphatic carbocycles. The average Bonchev–Trinajstić information content (AvgIpc) is 2.97. The van der Waals surface area contributed by atoms with Crippen LogP contribution in [0.4, 0.5) is 0 Å². The number of hydrogen-bond acceptors (Lipinski definition) is 2. The fourth-order valence-corrected chi connectivity index (χ4v) is 4.34. The first-order valence-corrected chi connectivity index (χ1v) is 10.00. The van der Waals surface area contributed by atoms with E-state index in [2.05, 4.69) is 31.2 Å². The van der Waals surface area contributed by atoms with E-state index in [1.807, 2.05) is 24.3 Å². The number of benzene rings is 2. The molecule has 1 aliphatic heterocycles. The summed E-state index contributed by atoms with van der Waals surface area (Å²) >= 11 is 0. The number of carbonyl (C=O) groups is 1. The minimum atomic E-state index is -0.855. The van der Waals surface area contributed by atoms with Gasteiger partial charge in [0, 0.05) is 17.7 Å². The van der Waals surface area contributed by atoms with Gasteiger partial charge in [-0.2, -0.15) is 0 Å². The number of carbonyl (C=O) groups excluding carboxylic acids is 1. The molecule has 2 aliphatic rings. The maximum absolute atomic E-state index is 12.5. The molecular formula is C24H27NO2. The lowest BCUT2D eigenvalue weighted by molar-refractivity contribution is 0.0232. The molecule has 140 valence electrons. The second kappa shape index (κ2) is 7.69. The molecule has 0 radical (unpaired) electrons. The van der Waals surface area contributed by atoms with Crippen molar-refractivity contribution in [2.75, 3.05) is 6.54 Å². The smallest absolute Gasteiger partial charge is 0.256 e. The molecule has 1 fully saturated rings. The summed E-state index contributed by atoms with van der Waals surface area (Å²) in [5, 5.41) is 10.5. The number of nitrogens with zero attached hydrogens (tertiary/aromatic N) is 1. The van der Waals surface area contributed by atoms with E-state index >= 15 is 0 Å². The second-order valence-electron chi connectivity index (χ2n) is 7.76. The Morgan fingerprint density at radius 1 is 1.07 bits per heavy atom. The van der Waals surface area contributed by atoms with Crippen molar-refractivity contribution in [1.29, 1.82) is 0 Å². The van der Waals surface area contributed by atoms with Gasteiger partial charge in [0.15, 0.2) is 6.23 Å². The summed E-state index contributed by atoms with van der Waals surface area (Å²) in [7, 11) is 0. The van der Waals surface area contributed by atoms with Crippen LogP contribution in [0.1, 0.15) is 78.2 Å². The van der Waals surface area contributed by atoms with Crippen LogP contribution >= 0.6 is 0 Å². The van der Waals surface area contributed by atoms with E-state index in [0.29, 0.717) is 23.6 Å². The van der Waals surface area contributed by atoms with E-state index in [0.717, 1.165) is 5.57 Å². The Bertz CT molecular complexity index is 847. The van der Waals surface area contributed by atoms with Crippen LogP contribution in [0.25, 0.3) is 5.57 Å². The van der Waals surface area contributed by atoms with Crippen molar-refractivity contribution >= 4 is 11.5 Å². The highest BCUT2D eigenvalue weighted by Crippen LogP contribution is 2.34. The quantitative estimate of drug-likeness (QED) is 0.804. The van der Waals surface area contributed by atoms with Gasteiger partial charge in [-0.25, -0.2) is 0 Å². The number of rotatable bonds is 4. The van der Waals surface area contributed by atoms with Crippen molar-refractivity contribution < 1.29 is 9.90 Å². The first-order valence-electron chi connectivity index (χ1n) is 10.00. The topological polar surface area (TPSA) is 40.5 Å². The Kier molecular flexibility index (Phi) is 5.13. The van der Waals surface area contributed by atoms with E-state index in [4.69, 9.17) is 0 Å². The molecule has 1 amide bonds. The zero-order valence-corrected chi connectivity index (χ0v) is 15.9. The van der Waals surface area contributed by atoms with Crippen LogP contribution < -0.4 is 0 Å². The largest absolute Gasteiger partial charge is 0.369 e. The van der Waals surface area contributed by atoms with Crippen molar-refractivity contribution in [2.45, 2.75) is 51.2 Å².